The van der Waals surface area contributed by atoms with Crippen LogP contribution in [0.2, 0.25) is 0 Å². The van der Waals surface area contributed by atoms with Crippen molar-refractivity contribution in [2.45, 2.75) is 33.2 Å². The molecule has 1 heterocycles. The molecular weight excluding hydrogens is 224 g/mol. The van der Waals surface area contributed by atoms with Gasteiger partial charge < -0.3 is 15.4 Å². The summed E-state index contributed by atoms with van der Waals surface area (Å²) in [5.41, 5.74) is 7.74. The quantitative estimate of drug-likeness (QED) is 0.893. The molecule has 0 radical (unpaired) electrons. The number of nitrogens with zero attached hydrogens (tertiary/aromatic N) is 1. The van der Waals surface area contributed by atoms with Gasteiger partial charge in [0.25, 0.3) is 0 Å². The summed E-state index contributed by atoms with van der Waals surface area (Å²) in [6, 6.07) is 8.54. The van der Waals surface area contributed by atoms with E-state index in [4.69, 9.17) is 10.5 Å². The smallest absolute Gasteiger partial charge is 0.119 e. The summed E-state index contributed by atoms with van der Waals surface area (Å²) in [6.45, 7) is 9.23. The molecule has 2 N–H and O–H groups in total. The number of hydrogen-bond acceptors (Lipinski definition) is 3. The van der Waals surface area contributed by atoms with E-state index in [9.17, 15) is 0 Å². The molecule has 0 spiro atoms. The maximum Gasteiger partial charge on any atom is 0.119 e. The number of ether oxygens (including phenoxy) is 1. The fourth-order valence-electron chi connectivity index (χ4n) is 2.34. The Morgan fingerprint density at radius 3 is 2.56 bits per heavy atom. The van der Waals surface area contributed by atoms with E-state index < -0.39 is 0 Å². The minimum absolute atomic E-state index is 0.234. The predicted octanol–water partition coefficient (Wildman–Crippen LogP) is 2.65. The van der Waals surface area contributed by atoms with Crippen molar-refractivity contribution in [3.8, 4) is 5.75 Å². The molecule has 0 bridgehead atoms. The Hall–Kier alpha value is -1.22. The lowest BCUT2D eigenvalue weighted by atomic mass is 9.78. The average molecular weight is 248 g/mol. The summed E-state index contributed by atoms with van der Waals surface area (Å²) in [5.74, 6) is 0.933. The zero-order valence-corrected chi connectivity index (χ0v) is 11.6. The van der Waals surface area contributed by atoms with E-state index in [1.807, 2.05) is 19.1 Å². The van der Waals surface area contributed by atoms with Gasteiger partial charge in [0.2, 0.25) is 0 Å². The average Bonchev–Trinajstić information content (AvgIpc) is 2.34. The SMILES string of the molecule is CCOc1ccc(N2CCC(C)(C)C(N)C2)cc1. The molecule has 0 aromatic heterocycles. The highest BCUT2D eigenvalue weighted by Crippen LogP contribution is 2.32. The van der Waals surface area contributed by atoms with Crippen LogP contribution in [0.3, 0.4) is 0 Å². The normalized spacial score (nSPS) is 22.9. The summed E-state index contributed by atoms with van der Waals surface area (Å²) in [4.78, 5) is 2.37. The van der Waals surface area contributed by atoms with E-state index >= 15 is 0 Å². The molecule has 0 saturated carbocycles. The van der Waals surface area contributed by atoms with Crippen LogP contribution in [0.15, 0.2) is 24.3 Å². The molecule has 1 aromatic rings. The summed E-state index contributed by atoms with van der Waals surface area (Å²) in [7, 11) is 0. The Labute approximate surface area is 110 Å². The van der Waals surface area contributed by atoms with Gasteiger partial charge in [0.15, 0.2) is 0 Å². The van der Waals surface area contributed by atoms with Crippen molar-refractivity contribution in [2.75, 3.05) is 24.6 Å². The van der Waals surface area contributed by atoms with Crippen LogP contribution in [0.5, 0.6) is 5.75 Å². The van der Waals surface area contributed by atoms with Gasteiger partial charge in [-0.05, 0) is 43.0 Å². The van der Waals surface area contributed by atoms with Gasteiger partial charge in [-0.1, -0.05) is 13.8 Å². The highest BCUT2D eigenvalue weighted by molar-refractivity contribution is 5.49. The van der Waals surface area contributed by atoms with Gasteiger partial charge >= 0.3 is 0 Å². The van der Waals surface area contributed by atoms with Crippen molar-refractivity contribution >= 4 is 5.69 Å². The molecule has 100 valence electrons. The second kappa shape index (κ2) is 5.19. The van der Waals surface area contributed by atoms with Crippen molar-refractivity contribution in [2.24, 2.45) is 11.1 Å². The second-order valence-corrected chi connectivity index (χ2v) is 5.72. The number of nitrogens with two attached hydrogens (primary N) is 1. The summed E-state index contributed by atoms with van der Waals surface area (Å²) >= 11 is 0. The Morgan fingerprint density at radius 2 is 2.00 bits per heavy atom. The van der Waals surface area contributed by atoms with E-state index in [1.54, 1.807) is 0 Å². The number of piperidine rings is 1. The molecule has 3 heteroatoms. The molecule has 3 nitrogen and oxygen atoms in total. The van der Waals surface area contributed by atoms with Crippen LogP contribution in [-0.2, 0) is 0 Å². The van der Waals surface area contributed by atoms with Crippen molar-refractivity contribution in [3.05, 3.63) is 24.3 Å². The van der Waals surface area contributed by atoms with Crippen LogP contribution in [0, 0.1) is 5.41 Å². The third kappa shape index (κ3) is 2.78. The van der Waals surface area contributed by atoms with Gasteiger partial charge in [-0.25, -0.2) is 0 Å². The Kier molecular flexibility index (Phi) is 3.81. The molecule has 1 saturated heterocycles. The molecule has 1 unspecified atom stereocenters. The third-order valence-corrected chi connectivity index (χ3v) is 3.96. The number of anilines is 1. The lowest BCUT2D eigenvalue weighted by Gasteiger charge is -2.43. The molecule has 18 heavy (non-hydrogen) atoms. The first-order chi connectivity index (χ1) is 8.53. The Bertz CT molecular complexity index is 386. The summed E-state index contributed by atoms with van der Waals surface area (Å²) in [5, 5.41) is 0. The number of rotatable bonds is 3. The second-order valence-electron chi connectivity index (χ2n) is 5.72. The largest absolute Gasteiger partial charge is 0.494 e. The monoisotopic (exact) mass is 248 g/mol. The zero-order chi connectivity index (χ0) is 13.2. The number of hydrogen-bond donors (Lipinski definition) is 1. The molecule has 0 aliphatic carbocycles. The van der Waals surface area contributed by atoms with E-state index in [1.165, 1.54) is 5.69 Å². The Morgan fingerprint density at radius 1 is 1.33 bits per heavy atom. The maximum atomic E-state index is 6.25. The molecular formula is C15H24N2O. The highest BCUT2D eigenvalue weighted by atomic mass is 16.5. The maximum absolute atomic E-state index is 6.25. The molecule has 1 atom stereocenters. The van der Waals surface area contributed by atoms with Crippen LogP contribution in [0.25, 0.3) is 0 Å². The fraction of sp³-hybridized carbons (Fsp3) is 0.600. The topological polar surface area (TPSA) is 38.5 Å². The molecule has 1 aromatic carbocycles. The van der Waals surface area contributed by atoms with Gasteiger partial charge in [-0.3, -0.25) is 0 Å². The zero-order valence-electron chi connectivity index (χ0n) is 11.6. The standard InChI is InChI=1S/C15H24N2O/c1-4-18-13-7-5-12(6-8-13)17-10-9-15(2,3)14(16)11-17/h5-8,14H,4,9-11,16H2,1-3H3. The molecule has 1 fully saturated rings. The van der Waals surface area contributed by atoms with E-state index in [0.29, 0.717) is 6.61 Å². The van der Waals surface area contributed by atoms with Gasteiger partial charge in [-0.2, -0.15) is 0 Å². The van der Waals surface area contributed by atoms with Crippen LogP contribution < -0.4 is 15.4 Å². The minimum atomic E-state index is 0.234. The van der Waals surface area contributed by atoms with E-state index in [-0.39, 0.29) is 11.5 Å². The first-order valence-corrected chi connectivity index (χ1v) is 6.76. The number of benzene rings is 1. The van der Waals surface area contributed by atoms with Crippen LogP contribution in [-0.4, -0.2) is 25.7 Å². The molecule has 2 rings (SSSR count). The minimum Gasteiger partial charge on any atom is -0.494 e. The van der Waals surface area contributed by atoms with Gasteiger partial charge in [-0.15, -0.1) is 0 Å². The first-order valence-electron chi connectivity index (χ1n) is 6.76. The van der Waals surface area contributed by atoms with Gasteiger partial charge in [0.1, 0.15) is 5.75 Å². The van der Waals surface area contributed by atoms with Crippen LogP contribution >= 0.6 is 0 Å². The highest BCUT2D eigenvalue weighted by Gasteiger charge is 2.32. The van der Waals surface area contributed by atoms with Crippen LogP contribution in [0.4, 0.5) is 5.69 Å². The lowest BCUT2D eigenvalue weighted by Crippen LogP contribution is -2.52. The fourth-order valence-corrected chi connectivity index (χ4v) is 2.34. The van der Waals surface area contributed by atoms with E-state index in [2.05, 4.69) is 30.9 Å². The van der Waals surface area contributed by atoms with Gasteiger partial charge in [0, 0.05) is 24.8 Å². The van der Waals surface area contributed by atoms with Crippen molar-refractivity contribution < 1.29 is 4.74 Å². The molecule has 1 aliphatic heterocycles. The predicted molar refractivity (Wildman–Crippen MR) is 76.2 cm³/mol. The first kappa shape index (κ1) is 13.2. The summed E-state index contributed by atoms with van der Waals surface area (Å²) < 4.78 is 5.46. The molecule has 0 amide bonds. The third-order valence-electron chi connectivity index (χ3n) is 3.96. The lowest BCUT2D eigenvalue weighted by molar-refractivity contribution is 0.235. The van der Waals surface area contributed by atoms with Crippen LogP contribution in [0.1, 0.15) is 27.2 Å². The van der Waals surface area contributed by atoms with E-state index in [0.717, 1.165) is 25.3 Å². The summed E-state index contributed by atoms with van der Waals surface area (Å²) in [6.07, 6.45) is 1.14. The van der Waals surface area contributed by atoms with Gasteiger partial charge in [0.05, 0.1) is 6.61 Å². The van der Waals surface area contributed by atoms with Crippen molar-refractivity contribution in [1.29, 1.82) is 0 Å². The van der Waals surface area contributed by atoms with Crippen molar-refractivity contribution in [1.82, 2.24) is 0 Å². The Balaban J connectivity index is 2.04. The van der Waals surface area contributed by atoms with Crippen molar-refractivity contribution in [3.63, 3.8) is 0 Å². The molecule has 1 aliphatic rings.